The number of nitrogens with zero attached hydrogens (tertiary/aromatic N) is 1. The molecule has 1 N–H and O–H groups in total. The Labute approximate surface area is 208 Å². The monoisotopic (exact) mass is 492 g/mol. The Morgan fingerprint density at radius 3 is 2.72 bits per heavy atom. The van der Waals surface area contributed by atoms with Crippen LogP contribution in [0.2, 0.25) is 0 Å². The van der Waals surface area contributed by atoms with Gasteiger partial charge in [-0.15, -0.1) is 0 Å². The summed E-state index contributed by atoms with van der Waals surface area (Å²) in [7, 11) is 3.19. The average Bonchev–Trinajstić information content (AvgIpc) is 3.65. The second kappa shape index (κ2) is 8.74. The third kappa shape index (κ3) is 3.65. The Kier molecular flexibility index (Phi) is 5.52. The van der Waals surface area contributed by atoms with E-state index in [0.717, 1.165) is 11.1 Å². The molecule has 0 aliphatic carbocycles. The average molecular weight is 493 g/mol. The van der Waals surface area contributed by atoms with Gasteiger partial charge in [0.25, 0.3) is 0 Å². The minimum absolute atomic E-state index is 0.0560. The van der Waals surface area contributed by atoms with Gasteiger partial charge in [0, 0.05) is 13.1 Å². The van der Waals surface area contributed by atoms with Crippen LogP contribution < -0.4 is 24.3 Å². The number of rotatable bonds is 8. The van der Waals surface area contributed by atoms with E-state index >= 15 is 0 Å². The normalized spacial score (nSPS) is 26.9. The Bertz CT molecular complexity index is 1240. The van der Waals surface area contributed by atoms with Gasteiger partial charge in [-0.25, -0.2) is 0 Å². The van der Waals surface area contributed by atoms with Crippen LogP contribution in [0.3, 0.4) is 0 Å². The molecule has 0 aromatic heterocycles. The van der Waals surface area contributed by atoms with Crippen LogP contribution in [0.1, 0.15) is 11.1 Å². The van der Waals surface area contributed by atoms with Crippen molar-refractivity contribution in [3.05, 3.63) is 59.7 Å². The van der Waals surface area contributed by atoms with Crippen molar-refractivity contribution in [3.8, 4) is 23.0 Å². The van der Waals surface area contributed by atoms with Crippen molar-refractivity contribution in [1.82, 2.24) is 10.2 Å². The Morgan fingerprint density at radius 1 is 1.08 bits per heavy atom. The first-order valence-electron chi connectivity index (χ1n) is 12.0. The van der Waals surface area contributed by atoms with Crippen LogP contribution in [-0.2, 0) is 27.3 Å². The molecular formula is C27H28N2O7. The number of likely N-dealkylation sites (tertiary alicyclic amines) is 1. The van der Waals surface area contributed by atoms with Gasteiger partial charge in [-0.3, -0.25) is 9.59 Å². The summed E-state index contributed by atoms with van der Waals surface area (Å²) >= 11 is 0. The van der Waals surface area contributed by atoms with Crippen molar-refractivity contribution in [2.24, 2.45) is 11.8 Å². The van der Waals surface area contributed by atoms with Crippen LogP contribution in [0.5, 0.6) is 23.0 Å². The van der Waals surface area contributed by atoms with Crippen molar-refractivity contribution in [2.75, 3.05) is 34.1 Å². The third-order valence-electron chi connectivity index (χ3n) is 7.45. The minimum atomic E-state index is -0.747. The number of hydrogen-bond acceptors (Lipinski definition) is 7. The van der Waals surface area contributed by atoms with Crippen LogP contribution >= 0.6 is 0 Å². The topological polar surface area (TPSA) is 95.6 Å². The van der Waals surface area contributed by atoms with Crippen molar-refractivity contribution in [1.29, 1.82) is 0 Å². The van der Waals surface area contributed by atoms with E-state index in [-0.39, 0.29) is 24.7 Å². The maximum absolute atomic E-state index is 13.5. The number of ether oxygens (including phenoxy) is 5. The summed E-state index contributed by atoms with van der Waals surface area (Å²) in [6.07, 6.45) is 4.13. The lowest BCUT2D eigenvalue weighted by atomic mass is 9.77. The van der Waals surface area contributed by atoms with Gasteiger partial charge < -0.3 is 33.9 Å². The molecule has 2 aromatic carbocycles. The highest BCUT2D eigenvalue weighted by atomic mass is 16.7. The molecule has 2 bridgehead atoms. The zero-order chi connectivity index (χ0) is 24.9. The van der Waals surface area contributed by atoms with E-state index in [2.05, 4.69) is 5.32 Å². The molecule has 0 unspecified atom stereocenters. The second-order valence-electron chi connectivity index (χ2n) is 9.51. The number of amides is 2. The standard InChI is InChI=1S/C27H28N2O7/c1-32-18-5-3-16(11-21(18)33-2)8-10-28-25(30)23-20-7-9-27(36-20)14-29(26(31)24(23)27)13-17-4-6-19-22(12-17)35-15-34-19/h3-7,9,11-12,20,23-24H,8,10,13-15H2,1-2H3,(H,28,30)/t20-,23-,24-,27-/m1/s1. The molecule has 0 saturated carbocycles. The number of carbonyl (C=O) groups is 2. The van der Waals surface area contributed by atoms with Crippen molar-refractivity contribution >= 4 is 11.8 Å². The lowest BCUT2D eigenvalue weighted by Gasteiger charge is -2.23. The summed E-state index contributed by atoms with van der Waals surface area (Å²) in [4.78, 5) is 28.5. The largest absolute Gasteiger partial charge is 0.493 e. The highest BCUT2D eigenvalue weighted by Gasteiger charge is 2.66. The number of fused-ring (bicyclic) bond motifs is 2. The van der Waals surface area contributed by atoms with E-state index in [4.69, 9.17) is 23.7 Å². The maximum Gasteiger partial charge on any atom is 0.231 e. The molecule has 9 nitrogen and oxygen atoms in total. The van der Waals surface area contributed by atoms with Gasteiger partial charge >= 0.3 is 0 Å². The van der Waals surface area contributed by atoms with Crippen LogP contribution in [0.4, 0.5) is 0 Å². The zero-order valence-electron chi connectivity index (χ0n) is 20.2. The summed E-state index contributed by atoms with van der Waals surface area (Å²) in [5, 5.41) is 3.02. The Balaban J connectivity index is 1.12. The second-order valence-corrected chi connectivity index (χ2v) is 9.51. The van der Waals surface area contributed by atoms with Crippen molar-refractivity contribution < 1.29 is 33.3 Å². The fraction of sp³-hybridized carbons (Fsp3) is 0.407. The third-order valence-corrected chi connectivity index (χ3v) is 7.45. The molecule has 9 heteroatoms. The molecule has 1 spiro atoms. The molecule has 4 atom stereocenters. The van der Waals surface area contributed by atoms with Crippen molar-refractivity contribution in [2.45, 2.75) is 24.7 Å². The zero-order valence-corrected chi connectivity index (χ0v) is 20.2. The van der Waals surface area contributed by atoms with Gasteiger partial charge in [0.15, 0.2) is 23.0 Å². The number of hydrogen-bond donors (Lipinski definition) is 1. The van der Waals surface area contributed by atoms with Gasteiger partial charge in [0.2, 0.25) is 18.6 Å². The van der Waals surface area contributed by atoms with E-state index in [1.54, 1.807) is 19.1 Å². The molecule has 2 saturated heterocycles. The first-order valence-corrected chi connectivity index (χ1v) is 12.0. The number of carbonyl (C=O) groups excluding carboxylic acids is 2. The van der Waals surface area contributed by atoms with E-state index in [9.17, 15) is 9.59 Å². The van der Waals surface area contributed by atoms with Crippen LogP contribution in [0.25, 0.3) is 0 Å². The highest BCUT2D eigenvalue weighted by molar-refractivity contribution is 5.93. The van der Waals surface area contributed by atoms with E-state index in [1.165, 1.54) is 0 Å². The number of methoxy groups -OCH3 is 2. The summed E-state index contributed by atoms with van der Waals surface area (Å²) in [5.74, 6) is 1.41. The summed E-state index contributed by atoms with van der Waals surface area (Å²) in [5.41, 5.74) is 1.21. The lowest BCUT2D eigenvalue weighted by molar-refractivity contribution is -0.137. The molecule has 6 rings (SSSR count). The molecule has 4 aliphatic heterocycles. The van der Waals surface area contributed by atoms with Gasteiger partial charge in [0.05, 0.1) is 38.7 Å². The van der Waals surface area contributed by atoms with E-state index in [0.29, 0.717) is 49.1 Å². The molecule has 2 aromatic rings. The van der Waals surface area contributed by atoms with Gasteiger partial charge in [-0.05, 0) is 41.8 Å². The molecular weight excluding hydrogens is 464 g/mol. The Morgan fingerprint density at radius 2 is 1.89 bits per heavy atom. The van der Waals surface area contributed by atoms with E-state index in [1.807, 2.05) is 48.6 Å². The summed E-state index contributed by atoms with van der Waals surface area (Å²) in [6.45, 7) is 1.49. The first kappa shape index (κ1) is 22.7. The van der Waals surface area contributed by atoms with Crippen LogP contribution in [0, 0.1) is 11.8 Å². The predicted molar refractivity (Wildman–Crippen MR) is 128 cm³/mol. The molecule has 4 aliphatic rings. The van der Waals surface area contributed by atoms with Crippen LogP contribution in [-0.4, -0.2) is 62.5 Å². The summed E-state index contributed by atoms with van der Waals surface area (Å²) < 4.78 is 27.7. The quantitative estimate of drug-likeness (QED) is 0.564. The Hall–Kier alpha value is -3.72. The first-order chi connectivity index (χ1) is 17.5. The predicted octanol–water partition coefficient (Wildman–Crippen LogP) is 2.07. The van der Waals surface area contributed by atoms with Gasteiger partial charge in [-0.2, -0.15) is 0 Å². The smallest absolute Gasteiger partial charge is 0.231 e. The molecule has 4 heterocycles. The van der Waals surface area contributed by atoms with Gasteiger partial charge in [-0.1, -0.05) is 24.3 Å². The molecule has 188 valence electrons. The molecule has 36 heavy (non-hydrogen) atoms. The highest BCUT2D eigenvalue weighted by Crippen LogP contribution is 2.52. The number of benzene rings is 2. The van der Waals surface area contributed by atoms with Crippen LogP contribution in [0.15, 0.2) is 48.6 Å². The summed E-state index contributed by atoms with van der Waals surface area (Å²) in [6, 6.07) is 11.4. The lowest BCUT2D eigenvalue weighted by Crippen LogP contribution is -2.44. The van der Waals surface area contributed by atoms with Gasteiger partial charge in [0.1, 0.15) is 5.60 Å². The fourth-order valence-electron chi connectivity index (χ4n) is 5.76. The van der Waals surface area contributed by atoms with E-state index < -0.39 is 17.4 Å². The maximum atomic E-state index is 13.5. The molecule has 2 fully saturated rings. The molecule has 0 radical (unpaired) electrons. The van der Waals surface area contributed by atoms with Crippen molar-refractivity contribution in [3.63, 3.8) is 0 Å². The number of nitrogens with one attached hydrogen (secondary N) is 1. The minimum Gasteiger partial charge on any atom is -0.493 e. The molecule has 2 amide bonds. The SMILES string of the molecule is COc1ccc(CCNC(=O)[C@@H]2[C@H]3C=C[C@]4(CN(Cc5ccc6c(c5)OCO6)C(=O)[C@@H]24)O3)cc1OC. The fourth-order valence-corrected chi connectivity index (χ4v) is 5.76.